The largest absolute Gasteiger partial charge is 0.448 e. The second-order valence-electron chi connectivity index (χ2n) is 10.2. The van der Waals surface area contributed by atoms with Crippen molar-refractivity contribution in [3.05, 3.63) is 101 Å². The zero-order chi connectivity index (χ0) is 26.4. The standard InChI is InChI=1S/C31H25F3N2O2/c32-31(33,34)22-13-19(17-35)12-20(14-22)21-15-23-6-5-7-24(16-21)36(23)30(37)38-18-29-27-10-3-1-8-25(27)26-9-2-4-11-28(26)29/h1-4,8-15,23-24,29H,5-7,16,18H2. The highest BCUT2D eigenvalue weighted by molar-refractivity contribution is 5.79. The van der Waals surface area contributed by atoms with E-state index in [1.54, 1.807) is 4.90 Å². The summed E-state index contributed by atoms with van der Waals surface area (Å²) in [7, 11) is 0. The van der Waals surface area contributed by atoms with Crippen LogP contribution in [0, 0.1) is 11.3 Å². The molecular formula is C31H25F3N2O2. The number of fused-ring (bicyclic) bond motifs is 5. The Labute approximate surface area is 219 Å². The summed E-state index contributed by atoms with van der Waals surface area (Å²) in [4.78, 5) is 15.2. The molecule has 0 radical (unpaired) electrons. The minimum atomic E-state index is -4.54. The number of hydrogen-bond acceptors (Lipinski definition) is 3. The van der Waals surface area contributed by atoms with Gasteiger partial charge >= 0.3 is 12.3 Å². The number of piperidine rings is 1. The number of alkyl halides is 3. The Bertz CT molecular complexity index is 1440. The summed E-state index contributed by atoms with van der Waals surface area (Å²) in [5.74, 6) is -0.0448. The molecule has 0 spiro atoms. The maximum Gasteiger partial charge on any atom is 0.416 e. The van der Waals surface area contributed by atoms with Crippen molar-refractivity contribution >= 4 is 11.7 Å². The maximum absolute atomic E-state index is 13.4. The molecule has 0 saturated carbocycles. The van der Waals surface area contributed by atoms with Crippen molar-refractivity contribution < 1.29 is 22.7 Å². The minimum Gasteiger partial charge on any atom is -0.448 e. The van der Waals surface area contributed by atoms with Crippen LogP contribution in [0.3, 0.4) is 0 Å². The van der Waals surface area contributed by atoms with Gasteiger partial charge < -0.3 is 4.74 Å². The fourth-order valence-electron chi connectivity index (χ4n) is 6.24. The van der Waals surface area contributed by atoms with Gasteiger partial charge in [-0.1, -0.05) is 54.6 Å². The number of halogens is 3. The molecule has 3 aliphatic rings. The summed E-state index contributed by atoms with van der Waals surface area (Å²) in [6.45, 7) is 0.221. The lowest BCUT2D eigenvalue weighted by molar-refractivity contribution is -0.137. The van der Waals surface area contributed by atoms with Gasteiger partial charge in [-0.3, -0.25) is 4.90 Å². The number of amides is 1. The predicted octanol–water partition coefficient (Wildman–Crippen LogP) is 7.54. The Hall–Kier alpha value is -4.05. The molecule has 1 saturated heterocycles. The first kappa shape index (κ1) is 24.3. The third-order valence-corrected chi connectivity index (χ3v) is 7.94. The van der Waals surface area contributed by atoms with Gasteiger partial charge in [-0.2, -0.15) is 18.4 Å². The normalized spacial score (nSPS) is 20.3. The highest BCUT2D eigenvalue weighted by Crippen LogP contribution is 2.45. The molecule has 2 heterocycles. The van der Waals surface area contributed by atoms with Gasteiger partial charge in [-0.25, -0.2) is 4.79 Å². The summed E-state index contributed by atoms with van der Waals surface area (Å²) in [6.07, 6.45) is -0.228. The topological polar surface area (TPSA) is 53.3 Å². The summed E-state index contributed by atoms with van der Waals surface area (Å²) in [5.41, 5.74) is 4.86. The second-order valence-corrected chi connectivity index (χ2v) is 10.2. The number of carbonyl (C=O) groups is 1. The van der Waals surface area contributed by atoms with Gasteiger partial charge in [-0.15, -0.1) is 0 Å². The van der Waals surface area contributed by atoms with Crippen LogP contribution in [0.1, 0.15) is 59.4 Å². The molecule has 3 aromatic carbocycles. The molecule has 3 aromatic rings. The monoisotopic (exact) mass is 514 g/mol. The van der Waals surface area contributed by atoms with Crippen molar-refractivity contribution in [2.75, 3.05) is 6.61 Å². The Morgan fingerprint density at radius 2 is 1.68 bits per heavy atom. The van der Waals surface area contributed by atoms with E-state index in [0.717, 1.165) is 52.8 Å². The average molecular weight is 515 g/mol. The van der Waals surface area contributed by atoms with Crippen LogP contribution >= 0.6 is 0 Å². The number of ether oxygens (including phenoxy) is 1. The second kappa shape index (κ2) is 9.36. The molecule has 0 N–H and O–H groups in total. The van der Waals surface area contributed by atoms with E-state index in [4.69, 9.17) is 4.74 Å². The Morgan fingerprint density at radius 1 is 1.00 bits per heavy atom. The van der Waals surface area contributed by atoms with Crippen LogP contribution in [0.2, 0.25) is 0 Å². The summed E-state index contributed by atoms with van der Waals surface area (Å²) >= 11 is 0. The van der Waals surface area contributed by atoms with E-state index in [0.29, 0.717) is 18.4 Å². The smallest absolute Gasteiger partial charge is 0.416 e. The predicted molar refractivity (Wildman–Crippen MR) is 137 cm³/mol. The van der Waals surface area contributed by atoms with Crippen molar-refractivity contribution in [1.29, 1.82) is 5.26 Å². The van der Waals surface area contributed by atoms with Gasteiger partial charge in [0.2, 0.25) is 0 Å². The van der Waals surface area contributed by atoms with Gasteiger partial charge in [0.05, 0.1) is 23.2 Å². The summed E-state index contributed by atoms with van der Waals surface area (Å²) < 4.78 is 46.3. The van der Waals surface area contributed by atoms with E-state index < -0.39 is 17.8 Å². The van der Waals surface area contributed by atoms with Crippen molar-refractivity contribution in [2.45, 2.75) is 49.9 Å². The molecule has 7 heteroatoms. The van der Waals surface area contributed by atoms with Crippen molar-refractivity contribution in [1.82, 2.24) is 4.90 Å². The lowest BCUT2D eigenvalue weighted by atomic mass is 9.82. The molecule has 4 nitrogen and oxygen atoms in total. The highest BCUT2D eigenvalue weighted by Gasteiger charge is 2.40. The van der Waals surface area contributed by atoms with E-state index in [2.05, 4.69) is 24.3 Å². The lowest BCUT2D eigenvalue weighted by Gasteiger charge is -2.44. The van der Waals surface area contributed by atoms with Gasteiger partial charge in [0.25, 0.3) is 0 Å². The Balaban J connectivity index is 1.24. The van der Waals surface area contributed by atoms with Crippen LogP contribution in [-0.2, 0) is 10.9 Å². The van der Waals surface area contributed by atoms with Gasteiger partial charge in [0, 0.05) is 12.0 Å². The SMILES string of the molecule is N#Cc1cc(C2=CC3CCCC(C2)N3C(=O)OCC2c3ccccc3-c3ccccc32)cc(C(F)(F)F)c1. The van der Waals surface area contributed by atoms with Crippen LogP contribution in [0.15, 0.2) is 72.8 Å². The van der Waals surface area contributed by atoms with Crippen LogP contribution < -0.4 is 0 Å². The van der Waals surface area contributed by atoms with Crippen LogP contribution in [0.4, 0.5) is 18.0 Å². The van der Waals surface area contributed by atoms with Gasteiger partial charge in [-0.05, 0) is 77.3 Å². The fraction of sp³-hybridized carbons (Fsp3) is 0.290. The molecule has 2 bridgehead atoms. The van der Waals surface area contributed by atoms with Crippen LogP contribution in [0.25, 0.3) is 16.7 Å². The van der Waals surface area contributed by atoms with Crippen LogP contribution in [0.5, 0.6) is 0 Å². The molecule has 192 valence electrons. The first-order valence-electron chi connectivity index (χ1n) is 12.8. The van der Waals surface area contributed by atoms with E-state index in [1.807, 2.05) is 36.4 Å². The number of carbonyl (C=O) groups excluding carboxylic acids is 1. The molecule has 2 aliphatic heterocycles. The molecule has 1 aliphatic carbocycles. The quantitative estimate of drug-likeness (QED) is 0.363. The fourth-order valence-corrected chi connectivity index (χ4v) is 6.24. The molecule has 1 amide bonds. The zero-order valence-electron chi connectivity index (χ0n) is 20.5. The number of nitrogens with zero attached hydrogens (tertiary/aromatic N) is 2. The first-order valence-corrected chi connectivity index (χ1v) is 12.8. The van der Waals surface area contributed by atoms with E-state index in [9.17, 15) is 23.2 Å². The molecular weight excluding hydrogens is 489 g/mol. The van der Waals surface area contributed by atoms with Gasteiger partial charge in [0.1, 0.15) is 6.61 Å². The molecule has 2 atom stereocenters. The number of hydrogen-bond donors (Lipinski definition) is 0. The van der Waals surface area contributed by atoms with Gasteiger partial charge in [0.15, 0.2) is 0 Å². The highest BCUT2D eigenvalue weighted by atomic mass is 19.4. The summed E-state index contributed by atoms with van der Waals surface area (Å²) in [6, 6.07) is 21.2. The van der Waals surface area contributed by atoms with E-state index in [1.165, 1.54) is 6.07 Å². The number of nitriles is 1. The van der Waals surface area contributed by atoms with E-state index in [-0.39, 0.29) is 30.2 Å². The lowest BCUT2D eigenvalue weighted by Crippen LogP contribution is -2.51. The van der Waals surface area contributed by atoms with Crippen molar-refractivity contribution in [2.24, 2.45) is 0 Å². The zero-order valence-corrected chi connectivity index (χ0v) is 20.5. The van der Waals surface area contributed by atoms with Crippen molar-refractivity contribution in [3.8, 4) is 17.2 Å². The van der Waals surface area contributed by atoms with E-state index >= 15 is 0 Å². The van der Waals surface area contributed by atoms with Crippen LogP contribution in [-0.4, -0.2) is 29.7 Å². The third-order valence-electron chi connectivity index (χ3n) is 7.94. The number of rotatable bonds is 3. The van der Waals surface area contributed by atoms with Crippen molar-refractivity contribution in [3.63, 3.8) is 0 Å². The molecule has 1 fully saturated rings. The molecule has 6 rings (SSSR count). The molecule has 38 heavy (non-hydrogen) atoms. The third kappa shape index (κ3) is 4.24. The molecule has 0 aromatic heterocycles. The average Bonchev–Trinajstić information content (AvgIpc) is 3.24. The maximum atomic E-state index is 13.4. The summed E-state index contributed by atoms with van der Waals surface area (Å²) in [5, 5.41) is 9.29. The Morgan fingerprint density at radius 3 is 2.32 bits per heavy atom. The number of benzene rings is 3. The first-order chi connectivity index (χ1) is 18.3. The molecule has 2 unspecified atom stereocenters. The minimum absolute atomic E-state index is 0.0279. The Kier molecular flexibility index (Phi) is 5.98.